The van der Waals surface area contributed by atoms with Crippen LogP contribution < -0.4 is 4.74 Å². The van der Waals surface area contributed by atoms with Gasteiger partial charge in [0.05, 0.1) is 23.6 Å². The highest BCUT2D eigenvalue weighted by molar-refractivity contribution is 5.99. The zero-order valence-electron chi connectivity index (χ0n) is 19.9. The maximum Gasteiger partial charge on any atom is 0.422 e. The Bertz CT molecular complexity index is 1470. The average Bonchev–Trinajstić information content (AvgIpc) is 3.29. The molecule has 1 amide bonds. The molecule has 0 saturated carbocycles. The summed E-state index contributed by atoms with van der Waals surface area (Å²) in [5, 5.41) is 4.39. The molecule has 0 aromatic carbocycles. The third-order valence-electron chi connectivity index (χ3n) is 6.20. The van der Waals surface area contributed by atoms with Crippen molar-refractivity contribution in [2.45, 2.75) is 44.6 Å². The number of rotatable bonds is 5. The van der Waals surface area contributed by atoms with Crippen LogP contribution >= 0.6 is 0 Å². The lowest BCUT2D eigenvalue weighted by atomic mass is 10.2. The van der Waals surface area contributed by atoms with Crippen molar-refractivity contribution >= 4 is 22.5 Å². The van der Waals surface area contributed by atoms with Gasteiger partial charge in [0.2, 0.25) is 0 Å². The second-order valence-corrected chi connectivity index (χ2v) is 9.05. The highest BCUT2D eigenvalue weighted by atomic mass is 19.4. The Morgan fingerprint density at radius 1 is 0.947 bits per heavy atom. The van der Waals surface area contributed by atoms with Crippen molar-refractivity contribution < 1.29 is 35.9 Å². The molecule has 38 heavy (non-hydrogen) atoms. The van der Waals surface area contributed by atoms with Gasteiger partial charge in [-0.3, -0.25) is 18.9 Å². The summed E-state index contributed by atoms with van der Waals surface area (Å²) in [6.45, 7) is -1.83. The van der Waals surface area contributed by atoms with Gasteiger partial charge in [-0.1, -0.05) is 12.8 Å². The van der Waals surface area contributed by atoms with Crippen LogP contribution in [0.3, 0.4) is 0 Å². The van der Waals surface area contributed by atoms with Crippen molar-refractivity contribution in [2.75, 3.05) is 19.7 Å². The van der Waals surface area contributed by atoms with Gasteiger partial charge in [0.25, 0.3) is 5.91 Å². The molecule has 0 spiro atoms. The van der Waals surface area contributed by atoms with E-state index in [1.807, 2.05) is 0 Å². The third kappa shape index (κ3) is 5.53. The minimum atomic E-state index is -4.60. The summed E-state index contributed by atoms with van der Waals surface area (Å²) in [5.41, 5.74) is 0.668. The first-order valence-electron chi connectivity index (χ1n) is 11.9. The fraction of sp³-hybridized carbons (Fsp3) is 0.417. The van der Waals surface area contributed by atoms with E-state index in [1.54, 1.807) is 4.90 Å². The van der Waals surface area contributed by atoms with Crippen molar-refractivity contribution in [2.24, 2.45) is 0 Å². The predicted molar refractivity (Wildman–Crippen MR) is 124 cm³/mol. The van der Waals surface area contributed by atoms with Gasteiger partial charge < -0.3 is 9.64 Å². The largest absolute Gasteiger partial charge is 0.483 e. The number of alkyl halides is 6. The van der Waals surface area contributed by atoms with Gasteiger partial charge in [0, 0.05) is 24.7 Å². The number of likely N-dealkylation sites (tertiary alicyclic amines) is 1. The molecule has 8 nitrogen and oxygen atoms in total. The van der Waals surface area contributed by atoms with E-state index in [9.17, 15) is 31.1 Å². The molecule has 0 radical (unpaired) electrons. The molecule has 0 aliphatic carbocycles. The molecular formula is C24H22F6N6O2. The number of ether oxygens (including phenoxy) is 1. The molecule has 0 bridgehead atoms. The first-order valence-corrected chi connectivity index (χ1v) is 11.9. The van der Waals surface area contributed by atoms with Crippen LogP contribution in [0, 0.1) is 0 Å². The van der Waals surface area contributed by atoms with Gasteiger partial charge in [-0.05, 0) is 31.0 Å². The Labute approximate surface area is 211 Å². The summed E-state index contributed by atoms with van der Waals surface area (Å²) in [6, 6.07) is 4.02. The molecule has 1 saturated heterocycles. The number of carbonyl (C=O) groups is 1. The number of amides is 1. The molecule has 0 atom stereocenters. The monoisotopic (exact) mass is 540 g/mol. The SMILES string of the molecule is O=C(c1cc2c(cn1)c(-c1cnc3ccc(OCC(F)(F)F)cn13)nn2CC(F)(F)F)N1CCCCCC1. The Balaban J connectivity index is 1.58. The first-order chi connectivity index (χ1) is 18.0. The van der Waals surface area contributed by atoms with Gasteiger partial charge in [0.15, 0.2) is 6.61 Å². The number of hydrogen-bond donors (Lipinski definition) is 0. The van der Waals surface area contributed by atoms with Crippen molar-refractivity contribution in [3.8, 4) is 17.1 Å². The van der Waals surface area contributed by atoms with E-state index in [4.69, 9.17) is 4.74 Å². The molecule has 1 aliphatic rings. The van der Waals surface area contributed by atoms with E-state index < -0.39 is 25.5 Å². The Morgan fingerprint density at radius 2 is 1.68 bits per heavy atom. The Hall–Kier alpha value is -3.84. The minimum Gasteiger partial charge on any atom is -0.483 e. The maximum atomic E-state index is 13.4. The molecule has 14 heteroatoms. The van der Waals surface area contributed by atoms with Crippen molar-refractivity contribution in [3.63, 3.8) is 0 Å². The van der Waals surface area contributed by atoms with Gasteiger partial charge >= 0.3 is 12.4 Å². The molecule has 0 N–H and O–H groups in total. The number of pyridine rings is 2. The maximum absolute atomic E-state index is 13.4. The fourth-order valence-electron chi connectivity index (χ4n) is 4.49. The minimum absolute atomic E-state index is 0.00949. The zero-order valence-corrected chi connectivity index (χ0v) is 19.9. The molecule has 4 aromatic heterocycles. The summed E-state index contributed by atoms with van der Waals surface area (Å²) >= 11 is 0. The van der Waals surface area contributed by atoms with Crippen molar-refractivity contribution in [3.05, 3.63) is 42.5 Å². The van der Waals surface area contributed by atoms with Gasteiger partial charge in [-0.2, -0.15) is 31.4 Å². The summed E-state index contributed by atoms with van der Waals surface area (Å²) < 4.78 is 85.0. The molecule has 5 rings (SSSR count). The lowest BCUT2D eigenvalue weighted by Gasteiger charge is -2.19. The second kappa shape index (κ2) is 9.80. The van der Waals surface area contributed by atoms with Crippen LogP contribution in [0.15, 0.2) is 36.8 Å². The van der Waals surface area contributed by atoms with Crippen LogP contribution in [0.4, 0.5) is 26.3 Å². The lowest BCUT2D eigenvalue weighted by Crippen LogP contribution is -2.32. The first kappa shape index (κ1) is 25.8. The number of halogens is 6. The Kier molecular flexibility index (Phi) is 6.65. The van der Waals surface area contributed by atoms with E-state index in [2.05, 4.69) is 15.1 Å². The van der Waals surface area contributed by atoms with Crippen LogP contribution in [0.1, 0.15) is 36.2 Å². The van der Waals surface area contributed by atoms with Crippen LogP contribution in [0.2, 0.25) is 0 Å². The number of aromatic nitrogens is 5. The van der Waals surface area contributed by atoms with Crippen LogP contribution in [0.25, 0.3) is 27.9 Å². The van der Waals surface area contributed by atoms with Crippen LogP contribution in [-0.2, 0) is 6.54 Å². The fourth-order valence-corrected chi connectivity index (χ4v) is 4.49. The van der Waals surface area contributed by atoms with Gasteiger partial charge in [-0.15, -0.1) is 0 Å². The van der Waals surface area contributed by atoms with E-state index in [-0.39, 0.29) is 39.6 Å². The smallest absolute Gasteiger partial charge is 0.422 e. The number of nitrogens with zero attached hydrogens (tertiary/aromatic N) is 6. The average molecular weight is 540 g/mol. The summed E-state index contributed by atoms with van der Waals surface area (Å²) in [7, 11) is 0. The molecule has 5 heterocycles. The lowest BCUT2D eigenvalue weighted by molar-refractivity contribution is -0.153. The molecular weight excluding hydrogens is 518 g/mol. The molecule has 1 aliphatic heterocycles. The topological polar surface area (TPSA) is 77.5 Å². The van der Waals surface area contributed by atoms with Gasteiger partial charge in [-0.25, -0.2) is 4.98 Å². The van der Waals surface area contributed by atoms with E-state index in [1.165, 1.54) is 41.2 Å². The van der Waals surface area contributed by atoms with E-state index in [0.29, 0.717) is 18.7 Å². The zero-order chi connectivity index (χ0) is 27.1. The van der Waals surface area contributed by atoms with Crippen molar-refractivity contribution in [1.29, 1.82) is 0 Å². The van der Waals surface area contributed by atoms with Crippen molar-refractivity contribution in [1.82, 2.24) is 29.0 Å². The second-order valence-electron chi connectivity index (χ2n) is 9.05. The van der Waals surface area contributed by atoms with Gasteiger partial charge in [0.1, 0.15) is 29.3 Å². The predicted octanol–water partition coefficient (Wildman–Crippen LogP) is 5.27. The molecule has 1 fully saturated rings. The highest BCUT2D eigenvalue weighted by Crippen LogP contribution is 2.32. The summed E-state index contributed by atoms with van der Waals surface area (Å²) in [5.74, 6) is -0.479. The highest BCUT2D eigenvalue weighted by Gasteiger charge is 2.31. The number of imidazole rings is 1. The van der Waals surface area contributed by atoms with Crippen LogP contribution in [0.5, 0.6) is 5.75 Å². The van der Waals surface area contributed by atoms with E-state index >= 15 is 0 Å². The standard InChI is InChI=1S/C24H22F6N6O2/c25-23(26,27)13-36-18-9-17(22(37)34-7-3-1-2-4-8-34)31-10-16(18)21(33-36)19-11-32-20-6-5-15(12-35(19)20)38-14-24(28,29)30/h5-6,9-12H,1-4,7-8,13-14H2. The molecule has 202 valence electrons. The summed E-state index contributed by atoms with van der Waals surface area (Å²) in [4.78, 5) is 23.2. The van der Waals surface area contributed by atoms with E-state index in [0.717, 1.165) is 30.4 Å². The molecule has 0 unspecified atom stereocenters. The summed E-state index contributed by atoms with van der Waals surface area (Å²) in [6.07, 6.45) is -1.58. The van der Waals surface area contributed by atoms with Crippen LogP contribution in [-0.4, -0.2) is 67.0 Å². The number of carbonyl (C=O) groups excluding carboxylic acids is 1. The Morgan fingerprint density at radius 3 is 2.37 bits per heavy atom. The number of fused-ring (bicyclic) bond motifs is 2. The number of hydrogen-bond acceptors (Lipinski definition) is 5. The quantitative estimate of drug-likeness (QED) is 0.323. The molecule has 4 aromatic rings. The normalized spacial score (nSPS) is 15.3. The third-order valence-corrected chi connectivity index (χ3v) is 6.20.